The van der Waals surface area contributed by atoms with Gasteiger partial charge in [-0.15, -0.1) is 0 Å². The van der Waals surface area contributed by atoms with E-state index < -0.39 is 5.97 Å². The highest BCUT2D eigenvalue weighted by Crippen LogP contribution is 2.31. The molecular weight excluding hydrogens is 220 g/mol. The van der Waals surface area contributed by atoms with Crippen molar-refractivity contribution in [3.63, 3.8) is 0 Å². The first-order valence-electron chi connectivity index (χ1n) is 6.20. The van der Waals surface area contributed by atoms with Gasteiger partial charge < -0.3 is 14.3 Å². The summed E-state index contributed by atoms with van der Waals surface area (Å²) in [7, 11) is 0. The molecule has 1 aromatic rings. The van der Waals surface area contributed by atoms with Gasteiger partial charge in [-0.1, -0.05) is 13.3 Å². The maximum atomic E-state index is 10.7. The first kappa shape index (κ1) is 12.0. The SMILES string of the molecule is CCC1CCCCC1Oc1ccc(C(=O)O)o1. The third-order valence-electron chi connectivity index (χ3n) is 3.42. The summed E-state index contributed by atoms with van der Waals surface area (Å²) >= 11 is 0. The van der Waals surface area contributed by atoms with Crippen LogP contribution in [0.4, 0.5) is 0 Å². The molecule has 1 N–H and O–H groups in total. The van der Waals surface area contributed by atoms with Crippen LogP contribution >= 0.6 is 0 Å². The average molecular weight is 238 g/mol. The number of carboxylic acid groups (broad SMARTS) is 1. The van der Waals surface area contributed by atoms with Gasteiger partial charge in [0.15, 0.2) is 0 Å². The van der Waals surface area contributed by atoms with Crippen LogP contribution in [0.2, 0.25) is 0 Å². The molecule has 4 nitrogen and oxygen atoms in total. The maximum absolute atomic E-state index is 10.7. The number of rotatable bonds is 4. The molecule has 2 atom stereocenters. The van der Waals surface area contributed by atoms with Crippen molar-refractivity contribution in [2.45, 2.75) is 45.1 Å². The number of aromatic carboxylic acids is 1. The Labute approximate surface area is 101 Å². The van der Waals surface area contributed by atoms with Crippen LogP contribution in [-0.4, -0.2) is 17.2 Å². The number of hydrogen-bond donors (Lipinski definition) is 1. The predicted molar refractivity (Wildman–Crippen MR) is 62.3 cm³/mol. The van der Waals surface area contributed by atoms with Crippen molar-refractivity contribution >= 4 is 5.97 Å². The Morgan fingerprint density at radius 3 is 2.88 bits per heavy atom. The lowest BCUT2D eigenvalue weighted by Gasteiger charge is -2.30. The zero-order valence-corrected chi connectivity index (χ0v) is 10.0. The molecule has 0 aliphatic heterocycles. The van der Waals surface area contributed by atoms with E-state index in [1.165, 1.54) is 25.3 Å². The summed E-state index contributed by atoms with van der Waals surface area (Å²) in [5.74, 6) is -0.241. The van der Waals surface area contributed by atoms with Gasteiger partial charge in [0.2, 0.25) is 5.76 Å². The third kappa shape index (κ3) is 2.81. The Morgan fingerprint density at radius 2 is 2.24 bits per heavy atom. The second kappa shape index (κ2) is 5.25. The smallest absolute Gasteiger partial charge is 0.371 e. The van der Waals surface area contributed by atoms with Gasteiger partial charge in [0.1, 0.15) is 6.10 Å². The van der Waals surface area contributed by atoms with Gasteiger partial charge in [-0.25, -0.2) is 4.79 Å². The molecule has 94 valence electrons. The van der Waals surface area contributed by atoms with Crippen LogP contribution < -0.4 is 4.74 Å². The van der Waals surface area contributed by atoms with Crippen molar-refractivity contribution in [1.82, 2.24) is 0 Å². The Kier molecular flexibility index (Phi) is 3.71. The van der Waals surface area contributed by atoms with Crippen LogP contribution in [0.1, 0.15) is 49.6 Å². The Bertz CT molecular complexity index is 383. The summed E-state index contributed by atoms with van der Waals surface area (Å²) in [5.41, 5.74) is 0. The van der Waals surface area contributed by atoms with Crippen molar-refractivity contribution in [2.75, 3.05) is 0 Å². The molecule has 1 fully saturated rings. The molecule has 0 aromatic carbocycles. The lowest BCUT2D eigenvalue weighted by molar-refractivity contribution is 0.0557. The predicted octanol–water partition coefficient (Wildman–Crippen LogP) is 3.33. The topological polar surface area (TPSA) is 59.7 Å². The second-order valence-electron chi connectivity index (χ2n) is 4.53. The minimum absolute atomic E-state index is 0.0659. The fourth-order valence-corrected chi connectivity index (χ4v) is 2.44. The van der Waals surface area contributed by atoms with E-state index in [2.05, 4.69) is 6.92 Å². The highest BCUT2D eigenvalue weighted by atomic mass is 16.6. The third-order valence-corrected chi connectivity index (χ3v) is 3.42. The van der Waals surface area contributed by atoms with Gasteiger partial charge in [0, 0.05) is 6.07 Å². The van der Waals surface area contributed by atoms with E-state index in [1.54, 1.807) is 6.07 Å². The van der Waals surface area contributed by atoms with Crippen LogP contribution in [0, 0.1) is 5.92 Å². The average Bonchev–Trinajstić information content (AvgIpc) is 2.78. The monoisotopic (exact) mass is 238 g/mol. The summed E-state index contributed by atoms with van der Waals surface area (Å²) < 4.78 is 10.9. The summed E-state index contributed by atoms with van der Waals surface area (Å²) in [6, 6.07) is 3.02. The van der Waals surface area contributed by atoms with Gasteiger partial charge in [0.25, 0.3) is 5.95 Å². The molecule has 0 spiro atoms. The minimum Gasteiger partial charge on any atom is -0.475 e. The van der Waals surface area contributed by atoms with Crippen LogP contribution in [0.15, 0.2) is 16.5 Å². The zero-order valence-electron chi connectivity index (χ0n) is 10.0. The van der Waals surface area contributed by atoms with Gasteiger partial charge in [-0.2, -0.15) is 0 Å². The molecular formula is C13H18O4. The van der Waals surface area contributed by atoms with Crippen LogP contribution in [0.5, 0.6) is 5.95 Å². The zero-order chi connectivity index (χ0) is 12.3. The van der Waals surface area contributed by atoms with E-state index in [1.807, 2.05) is 0 Å². The van der Waals surface area contributed by atoms with Crippen molar-refractivity contribution in [2.24, 2.45) is 5.92 Å². The Balaban J connectivity index is 2.00. The number of carboxylic acids is 1. The number of ether oxygens (including phenoxy) is 1. The molecule has 2 unspecified atom stereocenters. The van der Waals surface area contributed by atoms with Crippen LogP contribution in [0.3, 0.4) is 0 Å². The molecule has 1 heterocycles. The van der Waals surface area contributed by atoms with Crippen LogP contribution in [0.25, 0.3) is 0 Å². The molecule has 0 amide bonds. The van der Waals surface area contributed by atoms with Crippen LogP contribution in [-0.2, 0) is 0 Å². The fraction of sp³-hybridized carbons (Fsp3) is 0.615. The summed E-state index contributed by atoms with van der Waals surface area (Å²) in [6.07, 6.45) is 5.92. The summed E-state index contributed by atoms with van der Waals surface area (Å²) in [4.78, 5) is 10.7. The van der Waals surface area contributed by atoms with Crippen molar-refractivity contribution in [1.29, 1.82) is 0 Å². The van der Waals surface area contributed by atoms with Gasteiger partial charge in [-0.05, 0) is 37.7 Å². The van der Waals surface area contributed by atoms with E-state index in [-0.39, 0.29) is 11.9 Å². The lowest BCUT2D eigenvalue weighted by atomic mass is 9.85. The second-order valence-corrected chi connectivity index (χ2v) is 4.53. The number of hydrogen-bond acceptors (Lipinski definition) is 3. The van der Waals surface area contributed by atoms with Crippen molar-refractivity contribution in [3.05, 3.63) is 17.9 Å². The van der Waals surface area contributed by atoms with Crippen molar-refractivity contribution < 1.29 is 19.1 Å². The molecule has 1 aromatic heterocycles. The molecule has 0 saturated heterocycles. The van der Waals surface area contributed by atoms with Gasteiger partial charge in [-0.3, -0.25) is 0 Å². The Morgan fingerprint density at radius 1 is 1.47 bits per heavy atom. The molecule has 1 saturated carbocycles. The van der Waals surface area contributed by atoms with E-state index in [0.717, 1.165) is 12.8 Å². The fourth-order valence-electron chi connectivity index (χ4n) is 2.44. The van der Waals surface area contributed by atoms with Crippen molar-refractivity contribution in [3.8, 4) is 5.95 Å². The summed E-state index contributed by atoms with van der Waals surface area (Å²) in [6.45, 7) is 2.16. The minimum atomic E-state index is -1.06. The molecule has 2 rings (SSSR count). The normalized spacial score (nSPS) is 24.5. The first-order valence-corrected chi connectivity index (χ1v) is 6.20. The van der Waals surface area contributed by atoms with E-state index in [9.17, 15) is 4.79 Å². The summed E-state index contributed by atoms with van der Waals surface area (Å²) in [5, 5.41) is 8.75. The molecule has 1 aliphatic rings. The standard InChI is InChI=1S/C13H18O4/c1-2-9-5-3-4-6-10(9)16-12-8-7-11(17-12)13(14)15/h7-10H,2-6H2,1H3,(H,14,15). The lowest BCUT2D eigenvalue weighted by Crippen LogP contribution is -2.29. The first-order chi connectivity index (χ1) is 8.20. The highest BCUT2D eigenvalue weighted by Gasteiger charge is 2.26. The largest absolute Gasteiger partial charge is 0.475 e. The van der Waals surface area contributed by atoms with E-state index in [0.29, 0.717) is 11.9 Å². The maximum Gasteiger partial charge on any atom is 0.371 e. The highest BCUT2D eigenvalue weighted by molar-refractivity contribution is 5.84. The number of carbonyl (C=O) groups is 1. The van der Waals surface area contributed by atoms with Gasteiger partial charge in [0.05, 0.1) is 0 Å². The number of furan rings is 1. The molecule has 4 heteroatoms. The molecule has 0 bridgehead atoms. The van der Waals surface area contributed by atoms with E-state index in [4.69, 9.17) is 14.3 Å². The molecule has 0 radical (unpaired) electrons. The van der Waals surface area contributed by atoms with Gasteiger partial charge >= 0.3 is 5.97 Å². The molecule has 17 heavy (non-hydrogen) atoms. The molecule has 1 aliphatic carbocycles. The quantitative estimate of drug-likeness (QED) is 0.874. The Hall–Kier alpha value is -1.45. The van der Waals surface area contributed by atoms with E-state index >= 15 is 0 Å².